The molecule has 29 heavy (non-hydrogen) atoms. The Bertz CT molecular complexity index is 942. The lowest BCUT2D eigenvalue weighted by Crippen LogP contribution is -2.42. The molecule has 0 spiro atoms. The zero-order valence-corrected chi connectivity index (χ0v) is 17.4. The van der Waals surface area contributed by atoms with E-state index in [1.165, 1.54) is 6.42 Å². The molecule has 0 radical (unpaired) electrons. The van der Waals surface area contributed by atoms with E-state index in [0.29, 0.717) is 10.0 Å². The van der Waals surface area contributed by atoms with Gasteiger partial charge < -0.3 is 4.84 Å². The molecule has 7 heteroatoms. The fourth-order valence-electron chi connectivity index (χ4n) is 6.77. The lowest BCUT2D eigenvalue weighted by Gasteiger charge is -2.30. The number of benzene rings is 1. The second-order valence-corrected chi connectivity index (χ2v) is 9.99. The predicted molar refractivity (Wildman–Crippen MR) is 109 cm³/mol. The SMILES string of the molecule is O=C1[C@@H]2[C@H]3C[C@H]([C@H]4ON=C(c5ccc(Cl)cc5Cl)[C@@H]34)[C@@H]2C(=O)N1C1CCCCC1. The van der Waals surface area contributed by atoms with Gasteiger partial charge in [0.2, 0.25) is 11.8 Å². The van der Waals surface area contributed by atoms with Gasteiger partial charge in [0.1, 0.15) is 6.10 Å². The Kier molecular flexibility index (Phi) is 4.05. The molecule has 3 aliphatic carbocycles. The summed E-state index contributed by atoms with van der Waals surface area (Å²) in [6.45, 7) is 0. The molecule has 5 nitrogen and oxygen atoms in total. The highest BCUT2D eigenvalue weighted by atomic mass is 35.5. The van der Waals surface area contributed by atoms with Gasteiger partial charge in [-0.15, -0.1) is 0 Å². The van der Waals surface area contributed by atoms with Crippen molar-refractivity contribution in [3.8, 4) is 0 Å². The number of hydrogen-bond donors (Lipinski definition) is 0. The quantitative estimate of drug-likeness (QED) is 0.654. The third-order valence-electron chi connectivity index (χ3n) is 7.87. The van der Waals surface area contributed by atoms with E-state index in [-0.39, 0.29) is 53.5 Å². The Morgan fingerprint density at radius 2 is 1.69 bits per heavy atom. The van der Waals surface area contributed by atoms with Crippen LogP contribution in [0.3, 0.4) is 0 Å². The number of amides is 2. The number of carbonyl (C=O) groups excluding carboxylic acids is 2. The molecular weight excluding hydrogens is 411 g/mol. The molecule has 5 aliphatic rings. The summed E-state index contributed by atoms with van der Waals surface area (Å²) in [6, 6.07) is 5.46. The Morgan fingerprint density at radius 1 is 0.966 bits per heavy atom. The lowest BCUT2D eigenvalue weighted by molar-refractivity contribution is -0.144. The summed E-state index contributed by atoms with van der Waals surface area (Å²) < 4.78 is 0. The molecule has 0 aromatic heterocycles. The van der Waals surface area contributed by atoms with Crippen LogP contribution in [-0.4, -0.2) is 34.6 Å². The number of likely N-dealkylation sites (tertiary alicyclic amines) is 1. The van der Waals surface area contributed by atoms with Crippen LogP contribution in [0.5, 0.6) is 0 Å². The number of oxime groups is 1. The molecule has 6 rings (SSSR count). The highest BCUT2D eigenvalue weighted by molar-refractivity contribution is 6.37. The van der Waals surface area contributed by atoms with Crippen molar-refractivity contribution in [2.75, 3.05) is 0 Å². The first-order chi connectivity index (χ1) is 14.1. The van der Waals surface area contributed by atoms with Gasteiger partial charge in [0.15, 0.2) is 0 Å². The summed E-state index contributed by atoms with van der Waals surface area (Å²) >= 11 is 12.5. The van der Waals surface area contributed by atoms with Crippen LogP contribution in [0.4, 0.5) is 0 Å². The molecule has 2 amide bonds. The number of carbonyl (C=O) groups is 2. The number of halogens is 2. The Hall–Kier alpha value is -1.59. The van der Waals surface area contributed by atoms with E-state index in [1.54, 1.807) is 17.0 Å². The van der Waals surface area contributed by atoms with Crippen LogP contribution >= 0.6 is 23.2 Å². The molecule has 1 aromatic rings. The molecule has 0 unspecified atom stereocenters. The van der Waals surface area contributed by atoms with Gasteiger partial charge >= 0.3 is 0 Å². The predicted octanol–water partition coefficient (Wildman–Crippen LogP) is 4.30. The maximum Gasteiger partial charge on any atom is 0.233 e. The maximum absolute atomic E-state index is 13.4. The van der Waals surface area contributed by atoms with Crippen LogP contribution in [-0.2, 0) is 14.4 Å². The summed E-state index contributed by atoms with van der Waals surface area (Å²) in [5.41, 5.74) is 1.62. The van der Waals surface area contributed by atoms with Gasteiger partial charge in [-0.2, -0.15) is 0 Å². The normalized spacial score (nSPS) is 38.3. The third kappa shape index (κ3) is 2.43. The second kappa shape index (κ2) is 6.45. The monoisotopic (exact) mass is 432 g/mol. The number of fused-ring (bicyclic) bond motifs is 8. The van der Waals surface area contributed by atoms with Crippen LogP contribution in [0.1, 0.15) is 44.1 Å². The second-order valence-electron chi connectivity index (χ2n) is 9.15. The van der Waals surface area contributed by atoms with Gasteiger partial charge in [-0.1, -0.05) is 53.7 Å². The summed E-state index contributed by atoms with van der Waals surface area (Å²) in [5, 5.41) is 5.47. The van der Waals surface area contributed by atoms with Crippen LogP contribution in [0.15, 0.2) is 23.4 Å². The molecule has 4 fully saturated rings. The fourth-order valence-corrected chi connectivity index (χ4v) is 7.27. The summed E-state index contributed by atoms with van der Waals surface area (Å²) in [4.78, 5) is 34.2. The van der Waals surface area contributed by atoms with Crippen molar-refractivity contribution in [1.82, 2.24) is 4.90 Å². The van der Waals surface area contributed by atoms with E-state index >= 15 is 0 Å². The highest BCUT2D eigenvalue weighted by Gasteiger charge is 2.70. The van der Waals surface area contributed by atoms with Crippen molar-refractivity contribution in [3.63, 3.8) is 0 Å². The van der Waals surface area contributed by atoms with Crippen molar-refractivity contribution in [3.05, 3.63) is 33.8 Å². The molecule has 2 heterocycles. The average molecular weight is 433 g/mol. The van der Waals surface area contributed by atoms with Crippen molar-refractivity contribution < 1.29 is 14.4 Å². The van der Waals surface area contributed by atoms with E-state index in [9.17, 15) is 9.59 Å². The Balaban J connectivity index is 1.33. The van der Waals surface area contributed by atoms with Crippen molar-refractivity contribution in [1.29, 1.82) is 0 Å². The minimum absolute atomic E-state index is 0.0166. The van der Waals surface area contributed by atoms with E-state index in [1.807, 2.05) is 6.07 Å². The summed E-state index contributed by atoms with van der Waals surface area (Å²) in [6.07, 6.45) is 6.01. The lowest BCUT2D eigenvalue weighted by atomic mass is 9.71. The third-order valence-corrected chi connectivity index (χ3v) is 8.42. The van der Waals surface area contributed by atoms with Gasteiger partial charge in [-0.3, -0.25) is 14.5 Å². The zero-order chi connectivity index (χ0) is 19.9. The maximum atomic E-state index is 13.4. The number of imide groups is 1. The van der Waals surface area contributed by atoms with Crippen molar-refractivity contribution >= 4 is 40.7 Å². The number of nitrogens with zero attached hydrogens (tertiary/aromatic N) is 2. The van der Waals surface area contributed by atoms with Crippen molar-refractivity contribution in [2.45, 2.75) is 50.7 Å². The molecule has 0 N–H and O–H groups in total. The van der Waals surface area contributed by atoms with Crippen LogP contribution < -0.4 is 0 Å². The van der Waals surface area contributed by atoms with Crippen LogP contribution in [0.25, 0.3) is 0 Å². The minimum atomic E-state index is -0.231. The standard InChI is InChI=1S/C22H22Cl2N2O3/c23-10-6-7-12(15(24)8-10)19-18-13-9-14(20(18)29-25-19)17-16(13)21(27)26(22(17)28)11-4-2-1-3-5-11/h6-8,11,13-14,16-18,20H,1-5,9H2/t13-,14+,16-,17+,18-,20-/m1/s1. The molecule has 6 atom stereocenters. The number of rotatable bonds is 2. The van der Waals surface area contributed by atoms with E-state index in [0.717, 1.165) is 43.4 Å². The van der Waals surface area contributed by atoms with Crippen LogP contribution in [0, 0.1) is 29.6 Å². The molecule has 3 saturated carbocycles. The Morgan fingerprint density at radius 3 is 2.41 bits per heavy atom. The van der Waals surface area contributed by atoms with E-state index in [2.05, 4.69) is 5.16 Å². The summed E-state index contributed by atoms with van der Waals surface area (Å²) in [7, 11) is 0. The molecule has 1 saturated heterocycles. The average Bonchev–Trinajstić information content (AvgIpc) is 3.43. The Labute approximate surface area is 179 Å². The first-order valence-electron chi connectivity index (χ1n) is 10.6. The van der Waals surface area contributed by atoms with Gasteiger partial charge in [0.05, 0.1) is 22.6 Å². The van der Waals surface area contributed by atoms with Gasteiger partial charge in [-0.05, 0) is 37.3 Å². The van der Waals surface area contributed by atoms with Gasteiger partial charge in [0, 0.05) is 28.5 Å². The molecule has 152 valence electrons. The van der Waals surface area contributed by atoms with Gasteiger partial charge in [-0.25, -0.2) is 0 Å². The van der Waals surface area contributed by atoms with E-state index in [4.69, 9.17) is 28.0 Å². The highest BCUT2D eigenvalue weighted by Crippen LogP contribution is 2.62. The van der Waals surface area contributed by atoms with Gasteiger partial charge in [0.25, 0.3) is 0 Å². The first kappa shape index (κ1) is 18.2. The number of hydrogen-bond acceptors (Lipinski definition) is 4. The molecule has 2 aliphatic heterocycles. The first-order valence-corrected chi connectivity index (χ1v) is 11.4. The fraction of sp³-hybridized carbons (Fsp3) is 0.591. The smallest absolute Gasteiger partial charge is 0.233 e. The molecular formula is C22H22Cl2N2O3. The topological polar surface area (TPSA) is 59.0 Å². The minimum Gasteiger partial charge on any atom is -0.391 e. The largest absolute Gasteiger partial charge is 0.391 e. The molecule has 1 aromatic carbocycles. The molecule has 2 bridgehead atoms. The van der Waals surface area contributed by atoms with Crippen molar-refractivity contribution in [2.24, 2.45) is 34.7 Å². The zero-order valence-electron chi connectivity index (χ0n) is 15.9. The van der Waals surface area contributed by atoms with E-state index < -0.39 is 0 Å². The summed E-state index contributed by atoms with van der Waals surface area (Å²) in [5.74, 6) is -0.200. The van der Waals surface area contributed by atoms with Crippen LogP contribution in [0.2, 0.25) is 10.0 Å².